The summed E-state index contributed by atoms with van der Waals surface area (Å²) in [6, 6.07) is 17.9. The molecular weight excluding hydrogens is 326 g/mol. The van der Waals surface area contributed by atoms with Gasteiger partial charge in [-0.05, 0) is 23.6 Å². The van der Waals surface area contributed by atoms with Crippen molar-refractivity contribution in [3.8, 4) is 11.4 Å². The van der Waals surface area contributed by atoms with Crippen LogP contribution in [-0.4, -0.2) is 22.6 Å². The van der Waals surface area contributed by atoms with Crippen molar-refractivity contribution < 1.29 is 9.32 Å². The highest BCUT2D eigenvalue weighted by atomic mass is 16.5. The van der Waals surface area contributed by atoms with Crippen LogP contribution in [0.5, 0.6) is 0 Å². The fraction of sp³-hybridized carbons (Fsp3) is 0.286. The average molecular weight is 347 g/mol. The highest BCUT2D eigenvalue weighted by molar-refractivity contribution is 5.96. The van der Waals surface area contributed by atoms with Crippen LogP contribution in [0.25, 0.3) is 11.4 Å². The highest BCUT2D eigenvalue weighted by Crippen LogP contribution is 2.32. The molecule has 1 aromatic heterocycles. The molecule has 1 aliphatic rings. The van der Waals surface area contributed by atoms with Crippen molar-refractivity contribution in [3.63, 3.8) is 0 Å². The van der Waals surface area contributed by atoms with Gasteiger partial charge in [0.15, 0.2) is 0 Å². The van der Waals surface area contributed by atoms with Gasteiger partial charge in [-0.15, -0.1) is 0 Å². The van der Waals surface area contributed by atoms with Gasteiger partial charge in [0.25, 0.3) is 0 Å². The Morgan fingerprint density at radius 1 is 1.08 bits per heavy atom. The second-order valence-electron chi connectivity index (χ2n) is 6.97. The van der Waals surface area contributed by atoms with Gasteiger partial charge < -0.3 is 9.42 Å². The van der Waals surface area contributed by atoms with Crippen molar-refractivity contribution in [3.05, 3.63) is 66.1 Å². The Bertz CT molecular complexity index is 901. The van der Waals surface area contributed by atoms with E-state index in [9.17, 15) is 4.79 Å². The number of carbonyl (C=O) groups is 1. The standard InChI is InChI=1S/C21H21N3O2/c1-14(2)15-8-10-16(11-9-15)20-22-21(26-23-20)17-12-19(25)24(13-17)18-6-4-3-5-7-18/h3-11,14,17H,12-13H2,1-2H3. The Kier molecular flexibility index (Phi) is 4.29. The molecule has 132 valence electrons. The molecule has 1 amide bonds. The number of rotatable bonds is 4. The van der Waals surface area contributed by atoms with E-state index in [1.165, 1.54) is 5.56 Å². The van der Waals surface area contributed by atoms with E-state index < -0.39 is 0 Å². The van der Waals surface area contributed by atoms with Crippen LogP contribution >= 0.6 is 0 Å². The lowest BCUT2D eigenvalue weighted by atomic mass is 10.0. The maximum atomic E-state index is 12.4. The van der Waals surface area contributed by atoms with Crippen molar-refractivity contribution in [2.45, 2.75) is 32.1 Å². The van der Waals surface area contributed by atoms with E-state index in [4.69, 9.17) is 4.52 Å². The lowest BCUT2D eigenvalue weighted by Gasteiger charge is -2.15. The van der Waals surface area contributed by atoms with E-state index in [2.05, 4.69) is 36.1 Å². The van der Waals surface area contributed by atoms with Gasteiger partial charge in [0, 0.05) is 24.2 Å². The summed E-state index contributed by atoms with van der Waals surface area (Å²) in [6.45, 7) is 4.89. The molecule has 5 heteroatoms. The molecule has 0 saturated carbocycles. The van der Waals surface area contributed by atoms with E-state index in [1.54, 1.807) is 4.90 Å². The Hall–Kier alpha value is -2.95. The predicted molar refractivity (Wildman–Crippen MR) is 100.0 cm³/mol. The second kappa shape index (κ2) is 6.75. The van der Waals surface area contributed by atoms with Crippen molar-refractivity contribution in [2.75, 3.05) is 11.4 Å². The molecule has 1 atom stereocenters. The first-order chi connectivity index (χ1) is 12.6. The third kappa shape index (κ3) is 3.12. The van der Waals surface area contributed by atoms with E-state index >= 15 is 0 Å². The quantitative estimate of drug-likeness (QED) is 0.703. The molecule has 0 radical (unpaired) electrons. The minimum absolute atomic E-state index is 0.0705. The third-order valence-electron chi connectivity index (χ3n) is 4.82. The Balaban J connectivity index is 1.52. The van der Waals surface area contributed by atoms with Crippen molar-refractivity contribution in [1.82, 2.24) is 10.1 Å². The smallest absolute Gasteiger partial charge is 0.232 e. The van der Waals surface area contributed by atoms with E-state index in [0.29, 0.717) is 30.6 Å². The van der Waals surface area contributed by atoms with E-state index in [-0.39, 0.29) is 11.8 Å². The lowest BCUT2D eigenvalue weighted by molar-refractivity contribution is -0.117. The molecule has 2 aromatic carbocycles. The first-order valence-electron chi connectivity index (χ1n) is 8.91. The molecular formula is C21H21N3O2. The Morgan fingerprint density at radius 2 is 1.81 bits per heavy atom. The molecule has 1 fully saturated rings. The molecule has 5 nitrogen and oxygen atoms in total. The van der Waals surface area contributed by atoms with Crippen molar-refractivity contribution in [2.24, 2.45) is 0 Å². The number of nitrogens with zero attached hydrogens (tertiary/aromatic N) is 3. The lowest BCUT2D eigenvalue weighted by Crippen LogP contribution is -2.24. The molecule has 26 heavy (non-hydrogen) atoms. The molecule has 0 N–H and O–H groups in total. The molecule has 3 aromatic rings. The third-order valence-corrected chi connectivity index (χ3v) is 4.82. The number of anilines is 1. The fourth-order valence-electron chi connectivity index (χ4n) is 3.27. The molecule has 0 aliphatic carbocycles. The van der Waals surface area contributed by atoms with E-state index in [0.717, 1.165) is 11.3 Å². The summed E-state index contributed by atoms with van der Waals surface area (Å²) in [5.74, 6) is 1.60. The SMILES string of the molecule is CC(C)c1ccc(-c2noc(C3CC(=O)N(c4ccccc4)C3)n2)cc1. The van der Waals surface area contributed by atoms with Crippen LogP contribution < -0.4 is 4.90 Å². The Labute approximate surface area is 152 Å². The average Bonchev–Trinajstić information content (AvgIpc) is 3.29. The van der Waals surface area contributed by atoms with Crippen molar-refractivity contribution >= 4 is 11.6 Å². The summed E-state index contributed by atoms with van der Waals surface area (Å²) in [6.07, 6.45) is 0.392. The van der Waals surface area contributed by atoms with Gasteiger partial charge in [-0.2, -0.15) is 4.98 Å². The molecule has 1 saturated heterocycles. The van der Waals surface area contributed by atoms with Crippen LogP contribution in [0.1, 0.15) is 43.6 Å². The number of carbonyl (C=O) groups excluding carboxylic acids is 1. The topological polar surface area (TPSA) is 59.2 Å². The summed E-state index contributed by atoms with van der Waals surface area (Å²) in [5, 5.41) is 4.11. The van der Waals surface area contributed by atoms with Gasteiger partial charge in [0.2, 0.25) is 17.6 Å². The minimum atomic E-state index is -0.0705. The number of amides is 1. The zero-order chi connectivity index (χ0) is 18.1. The zero-order valence-corrected chi connectivity index (χ0v) is 14.9. The number of benzene rings is 2. The summed E-state index contributed by atoms with van der Waals surface area (Å²) in [7, 11) is 0. The summed E-state index contributed by atoms with van der Waals surface area (Å²) in [4.78, 5) is 18.7. The van der Waals surface area contributed by atoms with Gasteiger partial charge >= 0.3 is 0 Å². The van der Waals surface area contributed by atoms with Crippen LogP contribution in [-0.2, 0) is 4.79 Å². The van der Waals surface area contributed by atoms with Crippen LogP contribution in [0.3, 0.4) is 0 Å². The second-order valence-corrected chi connectivity index (χ2v) is 6.97. The number of aromatic nitrogens is 2. The molecule has 0 bridgehead atoms. The summed E-state index contributed by atoms with van der Waals surface area (Å²) < 4.78 is 5.47. The van der Waals surface area contributed by atoms with Crippen LogP contribution in [0.4, 0.5) is 5.69 Å². The summed E-state index contributed by atoms with van der Waals surface area (Å²) >= 11 is 0. The molecule has 1 aliphatic heterocycles. The molecule has 0 spiro atoms. The number of hydrogen-bond donors (Lipinski definition) is 0. The molecule has 4 rings (SSSR count). The van der Waals surface area contributed by atoms with Gasteiger partial charge in [0.1, 0.15) is 0 Å². The monoisotopic (exact) mass is 347 g/mol. The maximum Gasteiger partial charge on any atom is 0.232 e. The maximum absolute atomic E-state index is 12.4. The van der Waals surface area contributed by atoms with Gasteiger partial charge in [0.05, 0.1) is 5.92 Å². The highest BCUT2D eigenvalue weighted by Gasteiger charge is 2.35. The van der Waals surface area contributed by atoms with Gasteiger partial charge in [-0.1, -0.05) is 61.5 Å². The van der Waals surface area contributed by atoms with Gasteiger partial charge in [-0.25, -0.2) is 0 Å². The van der Waals surface area contributed by atoms with Gasteiger partial charge in [-0.3, -0.25) is 4.79 Å². The van der Waals surface area contributed by atoms with Crippen LogP contribution in [0.2, 0.25) is 0 Å². The number of hydrogen-bond acceptors (Lipinski definition) is 4. The predicted octanol–water partition coefficient (Wildman–Crippen LogP) is 4.38. The molecule has 2 heterocycles. The minimum Gasteiger partial charge on any atom is -0.339 e. The largest absolute Gasteiger partial charge is 0.339 e. The van der Waals surface area contributed by atoms with Crippen LogP contribution in [0.15, 0.2) is 59.1 Å². The summed E-state index contributed by atoms with van der Waals surface area (Å²) in [5.41, 5.74) is 3.11. The number of para-hydroxylation sites is 1. The Morgan fingerprint density at radius 3 is 2.50 bits per heavy atom. The van der Waals surface area contributed by atoms with Crippen molar-refractivity contribution in [1.29, 1.82) is 0 Å². The van der Waals surface area contributed by atoms with E-state index in [1.807, 2.05) is 42.5 Å². The fourth-order valence-corrected chi connectivity index (χ4v) is 3.27. The molecule has 1 unspecified atom stereocenters. The zero-order valence-electron chi connectivity index (χ0n) is 14.9. The van der Waals surface area contributed by atoms with Crippen LogP contribution in [0, 0.1) is 0 Å². The normalized spacial score (nSPS) is 17.3. The first kappa shape index (κ1) is 16.5. The first-order valence-corrected chi connectivity index (χ1v) is 8.91.